The highest BCUT2D eigenvalue weighted by molar-refractivity contribution is 5.52. The second-order valence-corrected chi connectivity index (χ2v) is 5.96. The van der Waals surface area contributed by atoms with Crippen LogP contribution in [0.25, 0.3) is 5.65 Å². The number of rotatable bonds is 2. The number of nitrogens with zero attached hydrogens (tertiary/aromatic N) is 3. The quantitative estimate of drug-likeness (QED) is 0.729. The standard InChI is InChI=1S/C17H15N3O2/c1-5-17(6-1,12-3-4-13-14(9-12)22-11-21-13)15-10-16-18-7-2-8-20(16)19-15/h2-4,7-10H,1,5-6,11H2. The van der Waals surface area contributed by atoms with Gasteiger partial charge in [-0.15, -0.1) is 0 Å². The molecule has 0 saturated heterocycles. The highest BCUT2D eigenvalue weighted by Crippen LogP contribution is 2.50. The summed E-state index contributed by atoms with van der Waals surface area (Å²) in [4.78, 5) is 4.38. The van der Waals surface area contributed by atoms with Crippen molar-refractivity contribution in [3.05, 3.63) is 54.0 Å². The van der Waals surface area contributed by atoms with E-state index in [1.807, 2.05) is 22.8 Å². The average Bonchev–Trinajstić information content (AvgIpc) is 3.11. The molecule has 5 rings (SSSR count). The minimum absolute atomic E-state index is 0.0192. The summed E-state index contributed by atoms with van der Waals surface area (Å²) < 4.78 is 12.8. The Morgan fingerprint density at radius 2 is 2.00 bits per heavy atom. The zero-order valence-corrected chi connectivity index (χ0v) is 12.0. The Hall–Kier alpha value is -2.56. The summed E-state index contributed by atoms with van der Waals surface area (Å²) in [7, 11) is 0. The number of aromatic nitrogens is 3. The molecule has 110 valence electrons. The van der Waals surface area contributed by atoms with E-state index in [0.717, 1.165) is 35.7 Å². The molecule has 0 N–H and O–H groups in total. The van der Waals surface area contributed by atoms with Crippen LogP contribution in [0.15, 0.2) is 42.7 Å². The number of hydrogen-bond acceptors (Lipinski definition) is 4. The molecule has 2 aliphatic rings. The molecule has 2 aromatic heterocycles. The Kier molecular flexibility index (Phi) is 2.31. The van der Waals surface area contributed by atoms with E-state index >= 15 is 0 Å². The van der Waals surface area contributed by atoms with Crippen molar-refractivity contribution < 1.29 is 9.47 Å². The van der Waals surface area contributed by atoms with Crippen molar-refractivity contribution in [1.29, 1.82) is 0 Å². The first-order chi connectivity index (χ1) is 10.9. The van der Waals surface area contributed by atoms with E-state index in [0.29, 0.717) is 6.79 Å². The fourth-order valence-electron chi connectivity index (χ4n) is 3.48. The van der Waals surface area contributed by atoms with Crippen LogP contribution < -0.4 is 9.47 Å². The van der Waals surface area contributed by atoms with Crippen LogP contribution in [0, 0.1) is 0 Å². The first-order valence-electron chi connectivity index (χ1n) is 7.56. The molecule has 1 aliphatic carbocycles. The second-order valence-electron chi connectivity index (χ2n) is 5.96. The lowest BCUT2D eigenvalue weighted by Crippen LogP contribution is -2.35. The number of hydrogen-bond donors (Lipinski definition) is 0. The molecule has 0 unspecified atom stereocenters. The van der Waals surface area contributed by atoms with Crippen molar-refractivity contribution in [3.8, 4) is 11.5 Å². The minimum atomic E-state index is -0.0192. The van der Waals surface area contributed by atoms with E-state index in [9.17, 15) is 0 Å². The van der Waals surface area contributed by atoms with Gasteiger partial charge < -0.3 is 9.47 Å². The van der Waals surface area contributed by atoms with Crippen molar-refractivity contribution in [2.75, 3.05) is 6.79 Å². The third-order valence-electron chi connectivity index (χ3n) is 4.86. The molecule has 1 aliphatic heterocycles. The number of benzene rings is 1. The van der Waals surface area contributed by atoms with Crippen LogP contribution in [0.4, 0.5) is 0 Å². The van der Waals surface area contributed by atoms with Gasteiger partial charge in [0.05, 0.1) is 5.69 Å². The van der Waals surface area contributed by atoms with Crippen LogP contribution in [0.1, 0.15) is 30.5 Å². The fraction of sp³-hybridized carbons (Fsp3) is 0.294. The molecule has 1 aromatic carbocycles. The van der Waals surface area contributed by atoms with Crippen LogP contribution in [-0.4, -0.2) is 21.4 Å². The third-order valence-corrected chi connectivity index (χ3v) is 4.86. The molecule has 3 aromatic rings. The van der Waals surface area contributed by atoms with Gasteiger partial charge >= 0.3 is 0 Å². The van der Waals surface area contributed by atoms with Gasteiger partial charge in [-0.2, -0.15) is 5.10 Å². The van der Waals surface area contributed by atoms with Gasteiger partial charge in [0.15, 0.2) is 17.1 Å². The zero-order valence-electron chi connectivity index (χ0n) is 12.0. The lowest BCUT2D eigenvalue weighted by molar-refractivity contribution is 0.173. The Bertz CT molecular complexity index is 834. The maximum atomic E-state index is 5.54. The first kappa shape index (κ1) is 12.0. The van der Waals surface area contributed by atoms with Crippen LogP contribution in [0.2, 0.25) is 0 Å². The first-order valence-corrected chi connectivity index (χ1v) is 7.56. The van der Waals surface area contributed by atoms with Crippen LogP contribution in [0.3, 0.4) is 0 Å². The summed E-state index contributed by atoms with van der Waals surface area (Å²) in [6.07, 6.45) is 7.18. The Balaban J connectivity index is 1.66. The summed E-state index contributed by atoms with van der Waals surface area (Å²) in [6, 6.07) is 10.3. The topological polar surface area (TPSA) is 48.7 Å². The van der Waals surface area contributed by atoms with E-state index in [1.54, 1.807) is 6.20 Å². The summed E-state index contributed by atoms with van der Waals surface area (Å²) in [6.45, 7) is 0.310. The van der Waals surface area contributed by atoms with Gasteiger partial charge in [0.2, 0.25) is 6.79 Å². The second kappa shape index (κ2) is 4.22. The Labute approximate surface area is 127 Å². The molecule has 0 spiro atoms. The van der Waals surface area contributed by atoms with E-state index in [4.69, 9.17) is 14.6 Å². The van der Waals surface area contributed by atoms with Crippen molar-refractivity contribution in [1.82, 2.24) is 14.6 Å². The lowest BCUT2D eigenvalue weighted by Gasteiger charge is -2.41. The van der Waals surface area contributed by atoms with Gasteiger partial charge in [-0.1, -0.05) is 12.5 Å². The smallest absolute Gasteiger partial charge is 0.231 e. The molecule has 5 nitrogen and oxygen atoms in total. The molecule has 1 saturated carbocycles. The molecular formula is C17H15N3O2. The maximum absolute atomic E-state index is 5.54. The monoisotopic (exact) mass is 293 g/mol. The summed E-state index contributed by atoms with van der Waals surface area (Å²) in [5.74, 6) is 1.67. The molecule has 0 bridgehead atoms. The Morgan fingerprint density at radius 3 is 2.82 bits per heavy atom. The molecule has 1 fully saturated rings. The predicted molar refractivity (Wildman–Crippen MR) is 80.2 cm³/mol. The molecule has 22 heavy (non-hydrogen) atoms. The van der Waals surface area contributed by atoms with Crippen molar-refractivity contribution in [2.24, 2.45) is 0 Å². The van der Waals surface area contributed by atoms with Gasteiger partial charge in [-0.3, -0.25) is 0 Å². The lowest BCUT2D eigenvalue weighted by atomic mass is 9.62. The van der Waals surface area contributed by atoms with Gasteiger partial charge in [0.25, 0.3) is 0 Å². The summed E-state index contributed by atoms with van der Waals surface area (Å²) in [5, 5.41) is 4.76. The molecule has 0 amide bonds. The number of ether oxygens (including phenoxy) is 2. The summed E-state index contributed by atoms with van der Waals surface area (Å²) in [5.41, 5.74) is 3.22. The normalized spacial score (nSPS) is 18.4. The van der Waals surface area contributed by atoms with Gasteiger partial charge in [0.1, 0.15) is 0 Å². The third kappa shape index (κ3) is 1.53. The van der Waals surface area contributed by atoms with E-state index in [1.165, 1.54) is 12.0 Å². The molecule has 0 atom stereocenters. The van der Waals surface area contributed by atoms with Gasteiger partial charge in [0, 0.05) is 23.9 Å². The maximum Gasteiger partial charge on any atom is 0.231 e. The predicted octanol–water partition coefficient (Wildman–Crippen LogP) is 2.93. The van der Waals surface area contributed by atoms with Crippen molar-refractivity contribution in [3.63, 3.8) is 0 Å². The van der Waals surface area contributed by atoms with E-state index < -0.39 is 0 Å². The summed E-state index contributed by atoms with van der Waals surface area (Å²) >= 11 is 0. The largest absolute Gasteiger partial charge is 0.454 e. The molecule has 3 heterocycles. The van der Waals surface area contributed by atoms with Crippen LogP contribution >= 0.6 is 0 Å². The van der Waals surface area contributed by atoms with Crippen molar-refractivity contribution >= 4 is 5.65 Å². The molecule has 5 heteroatoms. The molecule has 0 radical (unpaired) electrons. The number of fused-ring (bicyclic) bond motifs is 2. The average molecular weight is 293 g/mol. The molecular weight excluding hydrogens is 278 g/mol. The fourth-order valence-corrected chi connectivity index (χ4v) is 3.48. The highest BCUT2D eigenvalue weighted by Gasteiger charge is 2.43. The zero-order chi connectivity index (χ0) is 14.6. The van der Waals surface area contributed by atoms with E-state index in [2.05, 4.69) is 23.2 Å². The van der Waals surface area contributed by atoms with Crippen LogP contribution in [-0.2, 0) is 5.41 Å². The highest BCUT2D eigenvalue weighted by atomic mass is 16.7. The Morgan fingerprint density at radius 1 is 1.09 bits per heavy atom. The van der Waals surface area contributed by atoms with Crippen molar-refractivity contribution in [2.45, 2.75) is 24.7 Å². The minimum Gasteiger partial charge on any atom is -0.454 e. The van der Waals surface area contributed by atoms with Gasteiger partial charge in [-0.05, 0) is 36.6 Å². The van der Waals surface area contributed by atoms with Crippen LogP contribution in [0.5, 0.6) is 11.5 Å². The van der Waals surface area contributed by atoms with Gasteiger partial charge in [-0.25, -0.2) is 9.50 Å². The SMILES string of the molecule is c1cnc2cc(C3(c4ccc5c(c4)OCO5)CCC3)nn2c1. The van der Waals surface area contributed by atoms with E-state index in [-0.39, 0.29) is 5.41 Å².